The van der Waals surface area contributed by atoms with Crippen LogP contribution >= 0.6 is 0 Å². The normalized spacial score (nSPS) is 30.3. The van der Waals surface area contributed by atoms with Crippen LogP contribution in [0.4, 0.5) is 14.5 Å². The van der Waals surface area contributed by atoms with E-state index in [0.717, 1.165) is 25.3 Å². The monoisotopic (exact) mass is 403 g/mol. The molecule has 3 N–H and O–H groups in total. The molecule has 0 spiro atoms. The van der Waals surface area contributed by atoms with Crippen molar-refractivity contribution >= 4 is 22.6 Å². The van der Waals surface area contributed by atoms with Gasteiger partial charge in [-0.3, -0.25) is 4.79 Å². The largest absolute Gasteiger partial charge is 0.477 e. The van der Waals surface area contributed by atoms with Crippen LogP contribution in [0.3, 0.4) is 0 Å². The van der Waals surface area contributed by atoms with Crippen molar-refractivity contribution in [3.63, 3.8) is 0 Å². The van der Waals surface area contributed by atoms with Crippen LogP contribution in [0.15, 0.2) is 17.1 Å². The van der Waals surface area contributed by atoms with Crippen molar-refractivity contribution in [2.24, 2.45) is 23.5 Å². The van der Waals surface area contributed by atoms with E-state index < -0.39 is 28.6 Å². The van der Waals surface area contributed by atoms with Crippen molar-refractivity contribution in [2.75, 3.05) is 24.5 Å². The molecule has 2 aromatic rings. The van der Waals surface area contributed by atoms with E-state index in [1.54, 1.807) is 9.47 Å². The Morgan fingerprint density at radius 3 is 2.52 bits per heavy atom. The number of nitrogens with two attached hydrogens (primary N) is 1. The van der Waals surface area contributed by atoms with Gasteiger partial charge in [0.15, 0.2) is 5.82 Å². The first-order valence-corrected chi connectivity index (χ1v) is 10.0. The van der Waals surface area contributed by atoms with E-state index >= 15 is 8.78 Å². The van der Waals surface area contributed by atoms with Crippen molar-refractivity contribution in [1.29, 1.82) is 0 Å². The molecule has 29 heavy (non-hydrogen) atoms. The van der Waals surface area contributed by atoms with Crippen LogP contribution in [0, 0.1) is 29.4 Å². The average Bonchev–Trinajstić information content (AvgIpc) is 2.94. The van der Waals surface area contributed by atoms with Gasteiger partial charge < -0.3 is 20.3 Å². The number of carboxylic acids is 1. The predicted molar refractivity (Wildman–Crippen MR) is 104 cm³/mol. The second kappa shape index (κ2) is 6.01. The minimum Gasteiger partial charge on any atom is -0.477 e. The summed E-state index contributed by atoms with van der Waals surface area (Å²) < 4.78 is 32.4. The van der Waals surface area contributed by atoms with Gasteiger partial charge in [-0.1, -0.05) is 6.92 Å². The molecule has 4 aliphatic rings. The molecule has 6 rings (SSSR count). The Labute approximate surface area is 165 Å². The van der Waals surface area contributed by atoms with Crippen LogP contribution < -0.4 is 16.1 Å². The topological polar surface area (TPSA) is 88.6 Å². The molecule has 1 aromatic carbocycles. The molecule has 3 aliphatic carbocycles. The van der Waals surface area contributed by atoms with E-state index in [9.17, 15) is 14.7 Å². The lowest BCUT2D eigenvalue weighted by Gasteiger charge is -2.63. The highest BCUT2D eigenvalue weighted by Crippen LogP contribution is 2.63. The highest BCUT2D eigenvalue weighted by atomic mass is 19.1. The third-order valence-electron chi connectivity index (χ3n) is 7.29. The Kier molecular flexibility index (Phi) is 3.84. The molecule has 3 saturated carbocycles. The Hall–Kier alpha value is -2.48. The second-order valence-corrected chi connectivity index (χ2v) is 9.04. The van der Waals surface area contributed by atoms with Gasteiger partial charge in [-0.2, -0.15) is 0 Å². The summed E-state index contributed by atoms with van der Waals surface area (Å²) in [6.07, 6.45) is 3.73. The van der Waals surface area contributed by atoms with Crippen molar-refractivity contribution in [3.8, 4) is 0 Å². The number of hydrogen-bond donors (Lipinski definition) is 2. The molecule has 0 amide bonds. The third-order valence-corrected chi connectivity index (χ3v) is 7.29. The SMILES string of the molecule is C[C@@H]1CN(c2c(F)cc3c(=O)c(C(=O)O)cn(C45CC(C4)C5)c3c2F)C[C@@H]1CN. The molecule has 154 valence electrons. The summed E-state index contributed by atoms with van der Waals surface area (Å²) in [7, 11) is 0. The van der Waals surface area contributed by atoms with E-state index in [2.05, 4.69) is 0 Å². The fourth-order valence-electron chi connectivity index (χ4n) is 5.47. The number of halogens is 2. The molecule has 1 aromatic heterocycles. The summed E-state index contributed by atoms with van der Waals surface area (Å²) in [4.78, 5) is 26.0. The molecular formula is C21H23F2N3O3. The summed E-state index contributed by atoms with van der Waals surface area (Å²) in [5.41, 5.74) is 3.98. The fraction of sp³-hybridized carbons (Fsp3) is 0.524. The van der Waals surface area contributed by atoms with Gasteiger partial charge in [0.05, 0.1) is 10.9 Å². The van der Waals surface area contributed by atoms with Crippen molar-refractivity contribution in [2.45, 2.75) is 31.7 Å². The maximum Gasteiger partial charge on any atom is 0.341 e. The zero-order chi connectivity index (χ0) is 20.7. The van der Waals surface area contributed by atoms with Crippen LogP contribution in [0.25, 0.3) is 10.9 Å². The maximum atomic E-state index is 15.8. The molecule has 4 fully saturated rings. The van der Waals surface area contributed by atoms with Gasteiger partial charge in [0.2, 0.25) is 5.43 Å². The molecular weight excluding hydrogens is 380 g/mol. The van der Waals surface area contributed by atoms with Gasteiger partial charge in [-0.05, 0) is 49.6 Å². The standard InChI is InChI=1S/C21H23F2N3O3/c1-10-7-25(8-12(10)6-24)18-15(22)2-13-17(16(18)23)26(21-3-11(4-21)5-21)9-14(19(13)27)20(28)29/h2,9-12H,3-8,24H2,1H3,(H,28,29)/t10-,11?,12+,21?/m1/s1. The van der Waals surface area contributed by atoms with Crippen LogP contribution in [0.2, 0.25) is 0 Å². The number of anilines is 1. The van der Waals surface area contributed by atoms with Gasteiger partial charge in [-0.25, -0.2) is 13.6 Å². The predicted octanol–water partition coefficient (Wildman–Crippen LogP) is 2.52. The minimum atomic E-state index is -1.39. The zero-order valence-electron chi connectivity index (χ0n) is 16.1. The number of hydrogen-bond acceptors (Lipinski definition) is 4. The number of nitrogens with zero attached hydrogens (tertiary/aromatic N) is 2. The van der Waals surface area contributed by atoms with E-state index in [4.69, 9.17) is 5.73 Å². The Bertz CT molecular complexity index is 1100. The van der Waals surface area contributed by atoms with Gasteiger partial charge in [0.25, 0.3) is 0 Å². The Morgan fingerprint density at radius 1 is 1.31 bits per heavy atom. The summed E-state index contributed by atoms with van der Waals surface area (Å²) in [5, 5.41) is 9.24. The molecule has 1 saturated heterocycles. The smallest absolute Gasteiger partial charge is 0.341 e. The van der Waals surface area contributed by atoms with E-state index in [-0.39, 0.29) is 34.0 Å². The van der Waals surface area contributed by atoms with Crippen molar-refractivity contribution in [3.05, 3.63) is 39.7 Å². The molecule has 1 aliphatic heterocycles. The fourth-order valence-corrected chi connectivity index (χ4v) is 5.47. The maximum absolute atomic E-state index is 15.8. The van der Waals surface area contributed by atoms with Gasteiger partial charge in [0.1, 0.15) is 17.1 Å². The molecule has 2 heterocycles. The number of carboxylic acid groups (broad SMARTS) is 1. The van der Waals surface area contributed by atoms with Crippen LogP contribution in [0.5, 0.6) is 0 Å². The van der Waals surface area contributed by atoms with Crippen molar-refractivity contribution < 1.29 is 18.7 Å². The number of carbonyl (C=O) groups is 1. The zero-order valence-corrected chi connectivity index (χ0v) is 16.1. The third kappa shape index (κ3) is 2.41. The lowest BCUT2D eigenvalue weighted by Crippen LogP contribution is -2.59. The number of aromatic nitrogens is 1. The first kappa shape index (κ1) is 18.5. The number of fused-ring (bicyclic) bond motifs is 1. The minimum absolute atomic E-state index is 0.0124. The Morgan fingerprint density at radius 2 is 2.00 bits per heavy atom. The molecule has 6 nitrogen and oxygen atoms in total. The molecule has 8 heteroatoms. The van der Waals surface area contributed by atoms with Crippen LogP contribution in [-0.4, -0.2) is 35.3 Å². The summed E-state index contributed by atoms with van der Waals surface area (Å²) in [5.74, 6) is -2.12. The van der Waals surface area contributed by atoms with Crippen LogP contribution in [-0.2, 0) is 5.54 Å². The molecule has 2 atom stereocenters. The highest BCUT2D eigenvalue weighted by Gasteiger charge is 2.58. The number of benzene rings is 1. The second-order valence-electron chi connectivity index (χ2n) is 9.04. The number of pyridine rings is 1. The van der Waals surface area contributed by atoms with Gasteiger partial charge in [0, 0.05) is 24.8 Å². The molecule has 2 bridgehead atoms. The lowest BCUT2D eigenvalue weighted by molar-refractivity contribution is -0.0863. The van der Waals surface area contributed by atoms with Crippen molar-refractivity contribution in [1.82, 2.24) is 4.57 Å². The van der Waals surface area contributed by atoms with E-state index in [1.165, 1.54) is 6.20 Å². The summed E-state index contributed by atoms with van der Waals surface area (Å²) in [6.45, 7) is 3.37. The number of aromatic carboxylic acids is 1. The Balaban J connectivity index is 1.76. The first-order valence-electron chi connectivity index (χ1n) is 10.0. The first-order chi connectivity index (χ1) is 13.8. The highest BCUT2D eigenvalue weighted by molar-refractivity contribution is 5.94. The average molecular weight is 403 g/mol. The summed E-state index contributed by atoms with van der Waals surface area (Å²) in [6, 6.07) is 1.00. The van der Waals surface area contributed by atoms with E-state index in [1.807, 2.05) is 6.92 Å². The number of rotatable bonds is 4. The quantitative estimate of drug-likeness (QED) is 0.819. The van der Waals surface area contributed by atoms with Crippen LogP contribution in [0.1, 0.15) is 36.5 Å². The van der Waals surface area contributed by atoms with Gasteiger partial charge in [-0.15, -0.1) is 0 Å². The van der Waals surface area contributed by atoms with Gasteiger partial charge >= 0.3 is 5.97 Å². The van der Waals surface area contributed by atoms with E-state index in [0.29, 0.717) is 25.6 Å². The molecule has 0 radical (unpaired) electrons. The molecule has 0 unspecified atom stereocenters. The summed E-state index contributed by atoms with van der Waals surface area (Å²) >= 11 is 0. The lowest BCUT2D eigenvalue weighted by atomic mass is 9.49.